The van der Waals surface area contributed by atoms with Crippen LogP contribution in [0.25, 0.3) is 0 Å². The Balaban J connectivity index is 1.67. The van der Waals surface area contributed by atoms with Crippen LogP contribution in [-0.2, 0) is 4.79 Å². The summed E-state index contributed by atoms with van der Waals surface area (Å²) in [4.78, 5) is 13.8. The molecule has 0 atom stereocenters. The second-order valence-corrected chi connectivity index (χ2v) is 4.81. The first-order valence-electron chi connectivity index (χ1n) is 6.73. The van der Waals surface area contributed by atoms with Crippen molar-refractivity contribution in [1.82, 2.24) is 4.90 Å². The van der Waals surface area contributed by atoms with Crippen molar-refractivity contribution in [2.24, 2.45) is 0 Å². The van der Waals surface area contributed by atoms with Crippen LogP contribution in [0.2, 0.25) is 0 Å². The van der Waals surface area contributed by atoms with E-state index in [0.29, 0.717) is 13.0 Å². The van der Waals surface area contributed by atoms with E-state index in [1.165, 1.54) is 0 Å². The molecule has 0 spiro atoms. The minimum absolute atomic E-state index is 0.279. The Hall–Kier alpha value is -1.51. The SMILES string of the molecule is Cc1ccccc1OCCCC(=O)N1CCCC1. The first-order valence-corrected chi connectivity index (χ1v) is 6.73. The highest BCUT2D eigenvalue weighted by atomic mass is 16.5. The molecule has 0 N–H and O–H groups in total. The Morgan fingerprint density at radius 1 is 1.28 bits per heavy atom. The molecule has 3 heteroatoms. The summed E-state index contributed by atoms with van der Waals surface area (Å²) in [6, 6.07) is 7.97. The molecule has 0 aromatic heterocycles. The van der Waals surface area contributed by atoms with E-state index in [1.54, 1.807) is 0 Å². The highest BCUT2D eigenvalue weighted by molar-refractivity contribution is 5.76. The van der Waals surface area contributed by atoms with Crippen molar-refractivity contribution >= 4 is 5.91 Å². The minimum atomic E-state index is 0.279. The van der Waals surface area contributed by atoms with Gasteiger partial charge in [-0.1, -0.05) is 18.2 Å². The number of benzene rings is 1. The zero-order valence-electron chi connectivity index (χ0n) is 11.0. The van der Waals surface area contributed by atoms with Gasteiger partial charge in [0.1, 0.15) is 5.75 Å². The number of para-hydroxylation sites is 1. The van der Waals surface area contributed by atoms with Crippen LogP contribution in [0.1, 0.15) is 31.2 Å². The summed E-state index contributed by atoms with van der Waals surface area (Å²) in [5.74, 6) is 1.20. The number of aryl methyl sites for hydroxylation is 1. The number of carbonyl (C=O) groups excluding carboxylic acids is 1. The van der Waals surface area contributed by atoms with E-state index in [9.17, 15) is 4.79 Å². The minimum Gasteiger partial charge on any atom is -0.493 e. The fourth-order valence-corrected chi connectivity index (χ4v) is 2.25. The van der Waals surface area contributed by atoms with Crippen LogP contribution in [0, 0.1) is 6.92 Å². The summed E-state index contributed by atoms with van der Waals surface area (Å²) in [5, 5.41) is 0. The predicted octanol–water partition coefficient (Wildman–Crippen LogP) is 2.78. The fraction of sp³-hybridized carbons (Fsp3) is 0.533. The highest BCUT2D eigenvalue weighted by Gasteiger charge is 2.16. The maximum absolute atomic E-state index is 11.8. The monoisotopic (exact) mass is 247 g/mol. The average molecular weight is 247 g/mol. The molecule has 1 saturated heterocycles. The Bertz CT molecular complexity index is 397. The van der Waals surface area contributed by atoms with Crippen LogP contribution < -0.4 is 4.74 Å². The van der Waals surface area contributed by atoms with Gasteiger partial charge in [-0.3, -0.25) is 4.79 Å². The van der Waals surface area contributed by atoms with Gasteiger partial charge in [0.2, 0.25) is 5.91 Å². The number of rotatable bonds is 5. The number of amides is 1. The number of carbonyl (C=O) groups is 1. The Morgan fingerprint density at radius 3 is 2.72 bits per heavy atom. The van der Waals surface area contributed by atoms with E-state index in [1.807, 2.05) is 36.1 Å². The summed E-state index contributed by atoms with van der Waals surface area (Å²) in [7, 11) is 0. The zero-order chi connectivity index (χ0) is 12.8. The summed E-state index contributed by atoms with van der Waals surface area (Å²) in [6.45, 7) is 4.53. The molecule has 0 saturated carbocycles. The molecule has 1 amide bonds. The number of likely N-dealkylation sites (tertiary alicyclic amines) is 1. The van der Waals surface area contributed by atoms with Crippen LogP contribution in [-0.4, -0.2) is 30.5 Å². The summed E-state index contributed by atoms with van der Waals surface area (Å²) in [5.41, 5.74) is 1.14. The molecule has 1 fully saturated rings. The van der Waals surface area contributed by atoms with Crippen molar-refractivity contribution in [3.05, 3.63) is 29.8 Å². The van der Waals surface area contributed by atoms with Crippen LogP contribution in [0.3, 0.4) is 0 Å². The van der Waals surface area contributed by atoms with E-state index in [-0.39, 0.29) is 5.91 Å². The topological polar surface area (TPSA) is 29.5 Å². The standard InChI is InChI=1S/C15H21NO2/c1-13-7-2-3-8-14(13)18-12-6-9-15(17)16-10-4-5-11-16/h2-3,7-8H,4-6,9-12H2,1H3. The molecule has 0 aliphatic carbocycles. The largest absolute Gasteiger partial charge is 0.493 e. The van der Waals surface area contributed by atoms with Gasteiger partial charge in [0.25, 0.3) is 0 Å². The lowest BCUT2D eigenvalue weighted by molar-refractivity contribution is -0.130. The molecule has 0 bridgehead atoms. The average Bonchev–Trinajstić information content (AvgIpc) is 2.90. The molecule has 18 heavy (non-hydrogen) atoms. The summed E-state index contributed by atoms with van der Waals surface area (Å²) in [6.07, 6.45) is 3.71. The molecule has 1 aromatic rings. The first kappa shape index (κ1) is 12.9. The summed E-state index contributed by atoms with van der Waals surface area (Å²) >= 11 is 0. The lowest BCUT2D eigenvalue weighted by atomic mass is 10.2. The van der Waals surface area contributed by atoms with Gasteiger partial charge in [-0.05, 0) is 37.8 Å². The second-order valence-electron chi connectivity index (χ2n) is 4.81. The number of hydrogen-bond acceptors (Lipinski definition) is 2. The number of nitrogens with zero attached hydrogens (tertiary/aromatic N) is 1. The van der Waals surface area contributed by atoms with Crippen LogP contribution in [0.5, 0.6) is 5.75 Å². The van der Waals surface area contributed by atoms with Gasteiger partial charge in [0, 0.05) is 19.5 Å². The van der Waals surface area contributed by atoms with Gasteiger partial charge in [0.05, 0.1) is 6.61 Å². The number of ether oxygens (including phenoxy) is 1. The molecule has 98 valence electrons. The van der Waals surface area contributed by atoms with Crippen molar-refractivity contribution in [2.75, 3.05) is 19.7 Å². The summed E-state index contributed by atoms with van der Waals surface area (Å²) < 4.78 is 5.68. The van der Waals surface area contributed by atoms with E-state index in [0.717, 1.165) is 43.7 Å². The van der Waals surface area contributed by atoms with Crippen molar-refractivity contribution in [3.8, 4) is 5.75 Å². The Labute approximate surface area is 109 Å². The van der Waals surface area contributed by atoms with Crippen molar-refractivity contribution in [3.63, 3.8) is 0 Å². The third-order valence-electron chi connectivity index (χ3n) is 3.34. The van der Waals surface area contributed by atoms with Gasteiger partial charge in [-0.15, -0.1) is 0 Å². The zero-order valence-corrected chi connectivity index (χ0v) is 11.0. The molecule has 1 heterocycles. The van der Waals surface area contributed by atoms with Gasteiger partial charge in [-0.25, -0.2) is 0 Å². The molecule has 3 nitrogen and oxygen atoms in total. The molecule has 2 rings (SSSR count). The van der Waals surface area contributed by atoms with Crippen LogP contribution in [0.15, 0.2) is 24.3 Å². The lowest BCUT2D eigenvalue weighted by Crippen LogP contribution is -2.27. The molecule has 1 aliphatic rings. The van der Waals surface area contributed by atoms with Gasteiger partial charge >= 0.3 is 0 Å². The van der Waals surface area contributed by atoms with Crippen molar-refractivity contribution < 1.29 is 9.53 Å². The Morgan fingerprint density at radius 2 is 2.00 bits per heavy atom. The van der Waals surface area contributed by atoms with E-state index >= 15 is 0 Å². The van der Waals surface area contributed by atoms with E-state index in [2.05, 4.69) is 0 Å². The predicted molar refractivity (Wildman–Crippen MR) is 71.7 cm³/mol. The van der Waals surface area contributed by atoms with Gasteiger partial charge in [0.15, 0.2) is 0 Å². The quantitative estimate of drug-likeness (QED) is 0.749. The molecule has 1 aliphatic heterocycles. The Kier molecular flexibility index (Phi) is 4.62. The lowest BCUT2D eigenvalue weighted by Gasteiger charge is -2.15. The highest BCUT2D eigenvalue weighted by Crippen LogP contribution is 2.16. The third kappa shape index (κ3) is 3.49. The van der Waals surface area contributed by atoms with Gasteiger partial charge < -0.3 is 9.64 Å². The molecular weight excluding hydrogens is 226 g/mol. The maximum atomic E-state index is 11.8. The first-order chi connectivity index (χ1) is 8.77. The molecule has 0 radical (unpaired) electrons. The van der Waals surface area contributed by atoms with Gasteiger partial charge in [-0.2, -0.15) is 0 Å². The maximum Gasteiger partial charge on any atom is 0.222 e. The molecule has 1 aromatic carbocycles. The normalized spacial score (nSPS) is 14.8. The van der Waals surface area contributed by atoms with Crippen LogP contribution in [0.4, 0.5) is 0 Å². The molecule has 0 unspecified atom stereocenters. The fourth-order valence-electron chi connectivity index (χ4n) is 2.25. The number of hydrogen-bond donors (Lipinski definition) is 0. The van der Waals surface area contributed by atoms with Crippen LogP contribution >= 0.6 is 0 Å². The molecular formula is C15H21NO2. The smallest absolute Gasteiger partial charge is 0.222 e. The van der Waals surface area contributed by atoms with Crippen molar-refractivity contribution in [1.29, 1.82) is 0 Å². The third-order valence-corrected chi connectivity index (χ3v) is 3.34. The van der Waals surface area contributed by atoms with E-state index < -0.39 is 0 Å². The van der Waals surface area contributed by atoms with Crippen molar-refractivity contribution in [2.45, 2.75) is 32.6 Å². The second kappa shape index (κ2) is 6.43. The van der Waals surface area contributed by atoms with E-state index in [4.69, 9.17) is 4.74 Å².